The molecule has 0 aromatic carbocycles. The lowest BCUT2D eigenvalue weighted by Gasteiger charge is -2.04. The van der Waals surface area contributed by atoms with E-state index in [1.165, 1.54) is 0 Å². The first-order chi connectivity index (χ1) is 7.11. The lowest BCUT2D eigenvalue weighted by atomic mass is 10.1. The Morgan fingerprint density at radius 1 is 1.47 bits per heavy atom. The molecule has 0 amide bonds. The van der Waals surface area contributed by atoms with Gasteiger partial charge in [-0.1, -0.05) is 19.9 Å². The average molecular weight is 206 g/mol. The van der Waals surface area contributed by atoms with E-state index in [-0.39, 0.29) is 5.41 Å². The Hall–Kier alpha value is -1.09. The van der Waals surface area contributed by atoms with Crippen LogP contribution >= 0.6 is 0 Å². The quantitative estimate of drug-likeness (QED) is 0.820. The summed E-state index contributed by atoms with van der Waals surface area (Å²) in [4.78, 5) is 4.47. The van der Waals surface area contributed by atoms with Crippen LogP contribution < -0.4 is 10.5 Å². The molecule has 1 heterocycles. The molecule has 0 aliphatic heterocycles. The van der Waals surface area contributed by atoms with Crippen molar-refractivity contribution in [2.45, 2.75) is 19.8 Å². The van der Waals surface area contributed by atoms with Gasteiger partial charge in [-0.2, -0.15) is 0 Å². The summed E-state index contributed by atoms with van der Waals surface area (Å²) in [5, 5.41) is 0. The van der Waals surface area contributed by atoms with Gasteiger partial charge < -0.3 is 10.5 Å². The van der Waals surface area contributed by atoms with Crippen molar-refractivity contribution in [2.75, 3.05) is 13.7 Å². The molecule has 1 fully saturated rings. The zero-order valence-corrected chi connectivity index (χ0v) is 9.53. The molecule has 1 aliphatic carbocycles. The summed E-state index contributed by atoms with van der Waals surface area (Å²) < 4.78 is 5.13. The smallest absolute Gasteiger partial charge is 0.213 e. The first-order valence-electron chi connectivity index (χ1n) is 5.32. The highest BCUT2D eigenvalue weighted by molar-refractivity contribution is 5.29. The molecule has 0 bridgehead atoms. The standard InChI is InChI=1S/C12H18N2O/c1-12(2)8(7-13)11(12)9-5-4-6-10(14-9)15-3/h4-6,8,11H,7,13H2,1-3H3/t8-,11+/m1/s1. The Kier molecular flexibility index (Phi) is 2.43. The lowest BCUT2D eigenvalue weighted by Crippen LogP contribution is -2.05. The van der Waals surface area contributed by atoms with Crippen LogP contribution in [0.1, 0.15) is 25.5 Å². The Labute approximate surface area is 90.7 Å². The molecule has 0 radical (unpaired) electrons. The fourth-order valence-electron chi connectivity index (χ4n) is 2.49. The van der Waals surface area contributed by atoms with Gasteiger partial charge in [0.1, 0.15) is 0 Å². The summed E-state index contributed by atoms with van der Waals surface area (Å²) >= 11 is 0. The first-order valence-corrected chi connectivity index (χ1v) is 5.32. The molecule has 0 saturated heterocycles. The minimum absolute atomic E-state index is 0.286. The number of hydrogen-bond acceptors (Lipinski definition) is 3. The van der Waals surface area contributed by atoms with Gasteiger partial charge in [-0.25, -0.2) is 4.98 Å². The monoisotopic (exact) mass is 206 g/mol. The molecule has 1 aliphatic rings. The van der Waals surface area contributed by atoms with Crippen LogP contribution in [0.25, 0.3) is 0 Å². The van der Waals surface area contributed by atoms with Gasteiger partial charge in [0.15, 0.2) is 0 Å². The Morgan fingerprint density at radius 3 is 2.73 bits per heavy atom. The molecule has 2 rings (SSSR count). The highest BCUT2D eigenvalue weighted by atomic mass is 16.5. The number of hydrogen-bond donors (Lipinski definition) is 1. The Morgan fingerprint density at radius 2 is 2.20 bits per heavy atom. The zero-order valence-electron chi connectivity index (χ0n) is 9.53. The molecule has 82 valence electrons. The average Bonchev–Trinajstić information content (AvgIpc) is 2.80. The normalized spacial score (nSPS) is 27.5. The topological polar surface area (TPSA) is 48.1 Å². The SMILES string of the molecule is COc1cccc([C@@H]2[C@@H](CN)C2(C)C)n1. The summed E-state index contributed by atoms with van der Waals surface area (Å²) in [7, 11) is 1.64. The maximum atomic E-state index is 5.75. The van der Waals surface area contributed by atoms with Crippen LogP contribution in [0.5, 0.6) is 5.88 Å². The highest BCUT2D eigenvalue weighted by Crippen LogP contribution is 2.63. The minimum atomic E-state index is 0.286. The van der Waals surface area contributed by atoms with Gasteiger partial charge in [0, 0.05) is 17.7 Å². The number of nitrogens with zero attached hydrogens (tertiary/aromatic N) is 1. The van der Waals surface area contributed by atoms with E-state index in [1.807, 2.05) is 12.1 Å². The second-order valence-electron chi connectivity index (χ2n) is 4.75. The van der Waals surface area contributed by atoms with E-state index < -0.39 is 0 Å². The van der Waals surface area contributed by atoms with Crippen molar-refractivity contribution < 1.29 is 4.74 Å². The molecule has 2 atom stereocenters. The van der Waals surface area contributed by atoms with Crippen molar-refractivity contribution in [3.8, 4) is 5.88 Å². The molecule has 0 spiro atoms. The van der Waals surface area contributed by atoms with E-state index in [0.717, 1.165) is 12.2 Å². The summed E-state index contributed by atoms with van der Waals surface area (Å²) in [6.45, 7) is 5.23. The minimum Gasteiger partial charge on any atom is -0.481 e. The fourth-order valence-corrected chi connectivity index (χ4v) is 2.49. The van der Waals surface area contributed by atoms with E-state index in [4.69, 9.17) is 10.5 Å². The van der Waals surface area contributed by atoms with Crippen molar-refractivity contribution in [1.29, 1.82) is 0 Å². The van der Waals surface area contributed by atoms with E-state index in [0.29, 0.717) is 17.7 Å². The maximum absolute atomic E-state index is 5.75. The van der Waals surface area contributed by atoms with Gasteiger partial charge in [-0.3, -0.25) is 0 Å². The lowest BCUT2D eigenvalue weighted by molar-refractivity contribution is 0.395. The second kappa shape index (κ2) is 3.49. The van der Waals surface area contributed by atoms with Crippen LogP contribution in [0.3, 0.4) is 0 Å². The third kappa shape index (κ3) is 1.61. The van der Waals surface area contributed by atoms with Crippen LogP contribution in [-0.4, -0.2) is 18.6 Å². The van der Waals surface area contributed by atoms with Crippen molar-refractivity contribution in [1.82, 2.24) is 4.98 Å². The van der Waals surface area contributed by atoms with Crippen molar-refractivity contribution in [2.24, 2.45) is 17.1 Å². The van der Waals surface area contributed by atoms with Gasteiger partial charge in [-0.05, 0) is 23.9 Å². The van der Waals surface area contributed by atoms with Gasteiger partial charge >= 0.3 is 0 Å². The van der Waals surface area contributed by atoms with E-state index in [2.05, 4.69) is 24.9 Å². The van der Waals surface area contributed by atoms with Crippen LogP contribution in [0.15, 0.2) is 18.2 Å². The number of rotatable bonds is 3. The molecule has 1 saturated carbocycles. The van der Waals surface area contributed by atoms with Crippen molar-refractivity contribution in [3.63, 3.8) is 0 Å². The van der Waals surface area contributed by atoms with Crippen LogP contribution in [0.2, 0.25) is 0 Å². The van der Waals surface area contributed by atoms with Crippen molar-refractivity contribution >= 4 is 0 Å². The predicted octanol–water partition coefficient (Wildman–Crippen LogP) is 1.79. The largest absolute Gasteiger partial charge is 0.481 e. The fraction of sp³-hybridized carbons (Fsp3) is 0.583. The number of ether oxygens (including phenoxy) is 1. The Balaban J connectivity index is 2.24. The molecule has 0 unspecified atom stereocenters. The summed E-state index contributed by atoms with van der Waals surface area (Å²) in [5.74, 6) is 1.72. The third-order valence-electron chi connectivity index (χ3n) is 3.58. The highest BCUT2D eigenvalue weighted by Gasteiger charge is 2.58. The predicted molar refractivity (Wildman–Crippen MR) is 59.9 cm³/mol. The summed E-state index contributed by atoms with van der Waals surface area (Å²) in [6.07, 6.45) is 0. The molecule has 1 aromatic heterocycles. The van der Waals surface area contributed by atoms with Gasteiger partial charge in [-0.15, -0.1) is 0 Å². The zero-order chi connectivity index (χ0) is 11.1. The molecule has 3 nitrogen and oxygen atoms in total. The number of aromatic nitrogens is 1. The van der Waals surface area contributed by atoms with Crippen LogP contribution in [0.4, 0.5) is 0 Å². The molecular weight excluding hydrogens is 188 g/mol. The maximum Gasteiger partial charge on any atom is 0.213 e. The Bertz CT molecular complexity index is 362. The van der Waals surface area contributed by atoms with E-state index in [1.54, 1.807) is 7.11 Å². The van der Waals surface area contributed by atoms with Gasteiger partial charge in [0.05, 0.1) is 7.11 Å². The third-order valence-corrected chi connectivity index (χ3v) is 3.58. The molecule has 15 heavy (non-hydrogen) atoms. The molecule has 1 aromatic rings. The number of methoxy groups -OCH3 is 1. The van der Waals surface area contributed by atoms with Gasteiger partial charge in [0.2, 0.25) is 5.88 Å². The van der Waals surface area contributed by atoms with Crippen LogP contribution in [0, 0.1) is 11.3 Å². The van der Waals surface area contributed by atoms with Gasteiger partial charge in [0.25, 0.3) is 0 Å². The van der Waals surface area contributed by atoms with E-state index in [9.17, 15) is 0 Å². The molecule has 2 N–H and O–H groups in total. The number of nitrogens with two attached hydrogens (primary N) is 1. The van der Waals surface area contributed by atoms with Crippen LogP contribution in [-0.2, 0) is 0 Å². The van der Waals surface area contributed by atoms with E-state index >= 15 is 0 Å². The first kappa shape index (κ1) is 10.4. The summed E-state index contributed by atoms with van der Waals surface area (Å²) in [5.41, 5.74) is 7.14. The second-order valence-corrected chi connectivity index (χ2v) is 4.75. The van der Waals surface area contributed by atoms with Crippen molar-refractivity contribution in [3.05, 3.63) is 23.9 Å². The summed E-state index contributed by atoms with van der Waals surface area (Å²) in [6, 6.07) is 5.92. The molecular formula is C12H18N2O. The molecule has 3 heteroatoms. The number of pyridine rings is 1.